The number of nitrogens with zero attached hydrogens (tertiary/aromatic N) is 3. The fourth-order valence-corrected chi connectivity index (χ4v) is 2.97. The molecule has 0 spiro atoms. The molecular weight excluding hydrogens is 278 g/mol. The Morgan fingerprint density at radius 3 is 2.84 bits per heavy atom. The highest BCUT2D eigenvalue weighted by Gasteiger charge is 2.10. The predicted molar refractivity (Wildman–Crippen MR) is 79.7 cm³/mol. The van der Waals surface area contributed by atoms with Gasteiger partial charge in [-0.25, -0.2) is 9.97 Å². The third kappa shape index (κ3) is 2.33. The first kappa shape index (κ1) is 12.5. The largest absolute Gasteiger partial charge is 0.255 e. The molecule has 0 amide bonds. The van der Waals surface area contributed by atoms with Crippen LogP contribution in [0.25, 0.3) is 21.6 Å². The van der Waals surface area contributed by atoms with Gasteiger partial charge in [0.15, 0.2) is 5.82 Å². The second-order valence-electron chi connectivity index (χ2n) is 4.38. The fraction of sp³-hybridized carbons (Fsp3) is 0.214. The Morgan fingerprint density at radius 1 is 1.26 bits per heavy atom. The fourth-order valence-electron chi connectivity index (χ4n) is 1.97. The van der Waals surface area contributed by atoms with E-state index in [4.69, 9.17) is 11.6 Å². The maximum atomic E-state index is 6.08. The van der Waals surface area contributed by atoms with E-state index in [9.17, 15) is 0 Å². The van der Waals surface area contributed by atoms with Gasteiger partial charge in [0.1, 0.15) is 0 Å². The molecule has 0 saturated heterocycles. The zero-order valence-corrected chi connectivity index (χ0v) is 12.2. The number of hydrogen-bond donors (Lipinski definition) is 0. The molecule has 0 aliphatic heterocycles. The number of halogens is 1. The molecule has 0 aromatic carbocycles. The van der Waals surface area contributed by atoms with Crippen LogP contribution < -0.4 is 0 Å². The maximum Gasteiger partial charge on any atom is 0.160 e. The van der Waals surface area contributed by atoms with Crippen LogP contribution in [0.1, 0.15) is 23.6 Å². The van der Waals surface area contributed by atoms with Crippen LogP contribution in [0, 0.1) is 6.92 Å². The molecule has 0 saturated carbocycles. The first-order valence-electron chi connectivity index (χ1n) is 5.96. The lowest BCUT2D eigenvalue weighted by Crippen LogP contribution is -1.98. The minimum Gasteiger partial charge on any atom is -0.255 e. The van der Waals surface area contributed by atoms with Gasteiger partial charge in [-0.15, -0.1) is 22.9 Å². The van der Waals surface area contributed by atoms with Crippen molar-refractivity contribution < 1.29 is 0 Å². The van der Waals surface area contributed by atoms with E-state index in [1.807, 2.05) is 31.5 Å². The van der Waals surface area contributed by atoms with E-state index in [1.54, 1.807) is 17.5 Å². The van der Waals surface area contributed by atoms with Gasteiger partial charge in [0.2, 0.25) is 0 Å². The van der Waals surface area contributed by atoms with Crippen molar-refractivity contribution in [2.45, 2.75) is 19.2 Å². The molecule has 3 aromatic heterocycles. The van der Waals surface area contributed by atoms with Crippen LogP contribution in [0.2, 0.25) is 0 Å². The average molecular weight is 290 g/mol. The Morgan fingerprint density at radius 2 is 2.11 bits per heavy atom. The van der Waals surface area contributed by atoms with Crippen LogP contribution in [0.4, 0.5) is 0 Å². The highest BCUT2D eigenvalue weighted by molar-refractivity contribution is 7.17. The third-order valence-corrected chi connectivity index (χ3v) is 4.09. The monoisotopic (exact) mass is 289 g/mol. The van der Waals surface area contributed by atoms with Crippen molar-refractivity contribution in [2.75, 3.05) is 0 Å². The lowest BCUT2D eigenvalue weighted by Gasteiger charge is -2.08. The van der Waals surface area contributed by atoms with E-state index >= 15 is 0 Å². The lowest BCUT2D eigenvalue weighted by atomic mass is 10.2. The molecule has 3 aromatic rings. The van der Waals surface area contributed by atoms with Crippen molar-refractivity contribution in [1.29, 1.82) is 0 Å². The van der Waals surface area contributed by atoms with E-state index in [0.29, 0.717) is 5.82 Å². The number of pyridine rings is 1. The first-order chi connectivity index (χ1) is 9.15. The standard InChI is InChI=1S/C14H12ClN3S/c1-8(15)11-7-17-14(18-9(11)2)10-5-13-12(16-6-10)3-4-19-13/h3-8H,1-2H3. The number of alkyl halides is 1. The number of rotatable bonds is 2. The van der Waals surface area contributed by atoms with Crippen molar-refractivity contribution in [3.8, 4) is 11.4 Å². The first-order valence-corrected chi connectivity index (χ1v) is 7.28. The van der Waals surface area contributed by atoms with Crippen molar-refractivity contribution in [2.24, 2.45) is 0 Å². The number of fused-ring (bicyclic) bond motifs is 1. The predicted octanol–water partition coefficient (Wildman–Crippen LogP) is 4.36. The Balaban J connectivity index is 2.08. The summed E-state index contributed by atoms with van der Waals surface area (Å²) in [7, 11) is 0. The van der Waals surface area contributed by atoms with Crippen molar-refractivity contribution in [3.05, 3.63) is 41.2 Å². The van der Waals surface area contributed by atoms with Crippen LogP contribution in [0.3, 0.4) is 0 Å². The molecule has 0 aliphatic carbocycles. The van der Waals surface area contributed by atoms with Gasteiger partial charge in [-0.3, -0.25) is 4.98 Å². The Hall–Kier alpha value is -1.52. The molecule has 0 radical (unpaired) electrons. The Labute approximate surface area is 120 Å². The molecule has 5 heteroatoms. The van der Waals surface area contributed by atoms with Gasteiger partial charge in [0, 0.05) is 29.2 Å². The maximum absolute atomic E-state index is 6.08. The highest BCUT2D eigenvalue weighted by atomic mass is 35.5. The number of hydrogen-bond acceptors (Lipinski definition) is 4. The summed E-state index contributed by atoms with van der Waals surface area (Å²) in [5, 5.41) is 1.96. The quantitative estimate of drug-likeness (QED) is 0.658. The van der Waals surface area contributed by atoms with Crippen LogP contribution in [-0.4, -0.2) is 15.0 Å². The van der Waals surface area contributed by atoms with Crippen LogP contribution in [0.15, 0.2) is 29.9 Å². The third-order valence-electron chi connectivity index (χ3n) is 3.01. The second kappa shape index (κ2) is 4.87. The van der Waals surface area contributed by atoms with Crippen LogP contribution in [0.5, 0.6) is 0 Å². The molecule has 3 nitrogen and oxygen atoms in total. The van der Waals surface area contributed by atoms with Gasteiger partial charge in [0.25, 0.3) is 0 Å². The van der Waals surface area contributed by atoms with Crippen molar-refractivity contribution in [3.63, 3.8) is 0 Å². The van der Waals surface area contributed by atoms with Crippen LogP contribution in [-0.2, 0) is 0 Å². The minimum atomic E-state index is -0.0769. The molecule has 3 rings (SSSR count). The second-order valence-corrected chi connectivity index (χ2v) is 5.98. The summed E-state index contributed by atoms with van der Waals surface area (Å²) in [6, 6.07) is 4.08. The van der Waals surface area contributed by atoms with Gasteiger partial charge in [-0.1, -0.05) is 0 Å². The SMILES string of the molecule is Cc1nc(-c2cnc3ccsc3c2)ncc1C(C)Cl. The normalized spacial score (nSPS) is 12.8. The molecular formula is C14H12ClN3S. The minimum absolute atomic E-state index is 0.0769. The number of aromatic nitrogens is 3. The van der Waals surface area contributed by atoms with Gasteiger partial charge in [-0.05, 0) is 31.4 Å². The summed E-state index contributed by atoms with van der Waals surface area (Å²) in [5.41, 5.74) is 3.83. The number of thiophene rings is 1. The lowest BCUT2D eigenvalue weighted by molar-refractivity contribution is 0.975. The molecule has 0 bridgehead atoms. The van der Waals surface area contributed by atoms with Crippen molar-refractivity contribution >= 4 is 33.2 Å². The van der Waals surface area contributed by atoms with Gasteiger partial charge in [-0.2, -0.15) is 0 Å². The Kier molecular flexibility index (Phi) is 3.21. The molecule has 3 heterocycles. The van der Waals surface area contributed by atoms with Crippen LogP contribution >= 0.6 is 22.9 Å². The number of aryl methyl sites for hydroxylation is 1. The zero-order valence-electron chi connectivity index (χ0n) is 10.6. The molecule has 1 unspecified atom stereocenters. The highest BCUT2D eigenvalue weighted by Crippen LogP contribution is 2.26. The summed E-state index contributed by atoms with van der Waals surface area (Å²) in [6.07, 6.45) is 3.61. The van der Waals surface area contributed by atoms with Crippen molar-refractivity contribution in [1.82, 2.24) is 15.0 Å². The van der Waals surface area contributed by atoms with E-state index < -0.39 is 0 Å². The summed E-state index contributed by atoms with van der Waals surface area (Å²) >= 11 is 7.75. The molecule has 96 valence electrons. The molecule has 0 fully saturated rings. The van der Waals surface area contributed by atoms with Gasteiger partial charge in [0.05, 0.1) is 15.6 Å². The topological polar surface area (TPSA) is 38.7 Å². The smallest absolute Gasteiger partial charge is 0.160 e. The summed E-state index contributed by atoms with van der Waals surface area (Å²) < 4.78 is 1.15. The van der Waals surface area contributed by atoms with Gasteiger partial charge < -0.3 is 0 Å². The average Bonchev–Trinajstić information content (AvgIpc) is 2.85. The summed E-state index contributed by atoms with van der Waals surface area (Å²) in [5.74, 6) is 0.696. The van der Waals surface area contributed by atoms with E-state index in [0.717, 1.165) is 27.0 Å². The zero-order chi connectivity index (χ0) is 13.4. The van der Waals surface area contributed by atoms with E-state index in [1.165, 1.54) is 0 Å². The molecule has 0 aliphatic rings. The van der Waals surface area contributed by atoms with E-state index in [-0.39, 0.29) is 5.38 Å². The molecule has 0 N–H and O–H groups in total. The molecule has 19 heavy (non-hydrogen) atoms. The summed E-state index contributed by atoms with van der Waals surface area (Å²) in [4.78, 5) is 13.3. The molecule has 1 atom stereocenters. The summed E-state index contributed by atoms with van der Waals surface area (Å²) in [6.45, 7) is 3.88. The van der Waals surface area contributed by atoms with E-state index in [2.05, 4.69) is 21.0 Å². The Bertz CT molecular complexity index is 736. The van der Waals surface area contributed by atoms with Gasteiger partial charge >= 0.3 is 0 Å².